The Kier molecular flexibility index (Phi) is 6.81. The van der Waals surface area contributed by atoms with Gasteiger partial charge in [0.15, 0.2) is 0 Å². The van der Waals surface area contributed by atoms with Crippen LogP contribution in [0.1, 0.15) is 44.6 Å². The van der Waals surface area contributed by atoms with Gasteiger partial charge >= 0.3 is 0 Å². The minimum Gasteiger partial charge on any atom is -0.389 e. The van der Waals surface area contributed by atoms with E-state index in [1.54, 1.807) is 17.0 Å². The summed E-state index contributed by atoms with van der Waals surface area (Å²) in [5.41, 5.74) is 11.6. The van der Waals surface area contributed by atoms with Gasteiger partial charge in [-0.2, -0.15) is 8.42 Å². The smallest absolute Gasteiger partial charge is 0.285 e. The number of sulfonamides is 1. The standard InChI is InChI=1S/C29H30N4O4S/c1-18-7-5-8-19(2)27(18)26-16-24(34)15-23-13-20-9-3-4-10-22(20)17-33(23)28(35)21-11-6-12-25(14-21)38(36,37)32-29(30)31-26/h3-12,14,16,23-24,34H,13,15,17H2,1-2H3,(H3,30,31,32)/t23-,24?/m1/s1. The maximum Gasteiger partial charge on any atom is 0.285 e. The molecule has 0 saturated carbocycles. The summed E-state index contributed by atoms with van der Waals surface area (Å²) in [5, 5.41) is 14.2. The van der Waals surface area contributed by atoms with Crippen LogP contribution in [0.15, 0.2) is 82.1 Å². The molecule has 2 atom stereocenters. The van der Waals surface area contributed by atoms with Gasteiger partial charge < -0.3 is 21.1 Å². The first kappa shape index (κ1) is 25.7. The van der Waals surface area contributed by atoms with E-state index in [9.17, 15) is 18.3 Å². The molecule has 0 radical (unpaired) electrons. The molecule has 4 N–H and O–H groups in total. The van der Waals surface area contributed by atoms with Crippen molar-refractivity contribution < 1.29 is 18.3 Å². The quantitative estimate of drug-likeness (QED) is 0.444. The Balaban J connectivity index is 1.67. The summed E-state index contributed by atoms with van der Waals surface area (Å²) in [5.74, 6) is -0.645. The van der Waals surface area contributed by atoms with E-state index in [4.69, 9.17) is 5.73 Å². The molecule has 196 valence electrons. The van der Waals surface area contributed by atoms with Crippen LogP contribution in [0.3, 0.4) is 0 Å². The Morgan fingerprint density at radius 2 is 1.68 bits per heavy atom. The van der Waals surface area contributed by atoms with Gasteiger partial charge in [0.1, 0.15) is 0 Å². The summed E-state index contributed by atoms with van der Waals surface area (Å²) in [6.07, 6.45) is 1.52. The van der Waals surface area contributed by atoms with E-state index in [-0.39, 0.29) is 34.8 Å². The highest BCUT2D eigenvalue weighted by molar-refractivity contribution is 7.90. The van der Waals surface area contributed by atoms with Gasteiger partial charge in [0.25, 0.3) is 15.9 Å². The number of benzene rings is 3. The minimum absolute atomic E-state index is 0.128. The topological polar surface area (TPSA) is 125 Å². The summed E-state index contributed by atoms with van der Waals surface area (Å²) in [6.45, 7) is 4.22. The Morgan fingerprint density at radius 3 is 2.42 bits per heavy atom. The third-order valence-electron chi connectivity index (χ3n) is 7.10. The normalized spacial score (nSPS) is 21.2. The molecule has 0 fully saturated rings. The highest BCUT2D eigenvalue weighted by Gasteiger charge is 2.32. The zero-order chi connectivity index (χ0) is 27.0. The van der Waals surface area contributed by atoms with Gasteiger partial charge in [0.2, 0.25) is 5.96 Å². The molecule has 2 aliphatic heterocycles. The van der Waals surface area contributed by atoms with Crippen LogP contribution in [0, 0.1) is 13.8 Å². The average molecular weight is 531 g/mol. The lowest BCUT2D eigenvalue weighted by molar-refractivity contribution is 0.0574. The monoisotopic (exact) mass is 530 g/mol. The number of hydrogen-bond acceptors (Lipinski definition) is 6. The van der Waals surface area contributed by atoms with Crippen LogP contribution in [-0.2, 0) is 23.0 Å². The summed E-state index contributed by atoms with van der Waals surface area (Å²) in [7, 11) is -4.22. The second-order valence-electron chi connectivity index (χ2n) is 9.81. The van der Waals surface area contributed by atoms with E-state index in [0.717, 1.165) is 27.8 Å². The van der Waals surface area contributed by atoms with Gasteiger partial charge in [-0.05, 0) is 73.2 Å². The van der Waals surface area contributed by atoms with E-state index >= 15 is 0 Å². The van der Waals surface area contributed by atoms with Crippen LogP contribution < -0.4 is 11.1 Å². The SMILES string of the molecule is Cc1cccc(C)c1C1=CC(O)C[C@H]2Cc3ccccc3CN2C(=O)c2cccc(c2)S(=O)(=O)N=C(N)N1. The number of hydrogen-bond donors (Lipinski definition) is 3. The van der Waals surface area contributed by atoms with E-state index in [1.165, 1.54) is 18.2 Å². The zero-order valence-electron chi connectivity index (χ0n) is 21.3. The van der Waals surface area contributed by atoms with Crippen molar-refractivity contribution in [1.29, 1.82) is 0 Å². The van der Waals surface area contributed by atoms with Crippen LogP contribution in [-0.4, -0.2) is 42.4 Å². The number of guanidine groups is 1. The van der Waals surface area contributed by atoms with Crippen molar-refractivity contribution in [3.63, 3.8) is 0 Å². The van der Waals surface area contributed by atoms with E-state index in [0.29, 0.717) is 18.7 Å². The van der Waals surface area contributed by atoms with E-state index in [2.05, 4.69) is 9.71 Å². The van der Waals surface area contributed by atoms with Crippen LogP contribution in [0.25, 0.3) is 5.70 Å². The molecular formula is C29H30N4O4S. The molecule has 3 aromatic carbocycles. The van der Waals surface area contributed by atoms with Crippen LogP contribution >= 0.6 is 0 Å². The second kappa shape index (κ2) is 10.1. The molecule has 1 amide bonds. The van der Waals surface area contributed by atoms with E-state index < -0.39 is 16.1 Å². The van der Waals surface area contributed by atoms with Gasteiger partial charge in [-0.15, -0.1) is 4.40 Å². The molecule has 0 saturated heterocycles. The van der Waals surface area contributed by atoms with Crippen LogP contribution in [0.5, 0.6) is 0 Å². The molecule has 3 aromatic rings. The van der Waals surface area contributed by atoms with Crippen molar-refractivity contribution in [2.45, 2.75) is 50.3 Å². The summed E-state index contributed by atoms with van der Waals surface area (Å²) >= 11 is 0. The number of aliphatic hydroxyl groups is 1. The molecule has 1 unspecified atom stereocenters. The predicted molar refractivity (Wildman–Crippen MR) is 147 cm³/mol. The number of nitrogens with one attached hydrogen (secondary N) is 1. The molecule has 0 aliphatic carbocycles. The summed E-state index contributed by atoms with van der Waals surface area (Å²) in [4.78, 5) is 15.3. The summed E-state index contributed by atoms with van der Waals surface area (Å²) < 4.78 is 30.1. The van der Waals surface area contributed by atoms with Gasteiger partial charge in [-0.3, -0.25) is 4.79 Å². The van der Waals surface area contributed by atoms with Crippen molar-refractivity contribution in [3.8, 4) is 0 Å². The third kappa shape index (κ3) is 5.07. The number of amides is 1. The van der Waals surface area contributed by atoms with Crippen molar-refractivity contribution in [2.24, 2.45) is 10.1 Å². The molecule has 2 bridgehead atoms. The molecular weight excluding hydrogens is 500 g/mol. The Labute approximate surface area is 222 Å². The number of carbonyl (C=O) groups excluding carboxylic acids is 1. The minimum atomic E-state index is -4.22. The Morgan fingerprint density at radius 1 is 1.00 bits per heavy atom. The molecule has 0 aromatic heterocycles. The molecule has 0 spiro atoms. The number of carbonyl (C=O) groups is 1. The second-order valence-corrected chi connectivity index (χ2v) is 11.4. The number of rotatable bonds is 1. The zero-order valence-corrected chi connectivity index (χ0v) is 22.1. The Hall–Kier alpha value is -3.95. The molecule has 9 heteroatoms. The molecule has 5 rings (SSSR count). The number of nitrogens with two attached hydrogens (primary N) is 1. The Bertz CT molecular complexity index is 1560. The number of fused-ring (bicyclic) bond motifs is 4. The molecule has 2 aliphatic rings. The number of aryl methyl sites for hydroxylation is 2. The predicted octanol–water partition coefficient (Wildman–Crippen LogP) is 3.27. The van der Waals surface area contributed by atoms with Gasteiger partial charge in [-0.1, -0.05) is 48.5 Å². The van der Waals surface area contributed by atoms with E-state index in [1.807, 2.05) is 56.3 Å². The van der Waals surface area contributed by atoms with Crippen LogP contribution in [0.4, 0.5) is 0 Å². The third-order valence-corrected chi connectivity index (χ3v) is 8.39. The van der Waals surface area contributed by atoms with Gasteiger partial charge in [0.05, 0.1) is 11.0 Å². The van der Waals surface area contributed by atoms with Crippen molar-refractivity contribution in [1.82, 2.24) is 10.2 Å². The largest absolute Gasteiger partial charge is 0.389 e. The maximum absolute atomic E-state index is 13.7. The van der Waals surface area contributed by atoms with Crippen LogP contribution in [0.2, 0.25) is 0 Å². The first-order valence-electron chi connectivity index (χ1n) is 12.4. The summed E-state index contributed by atoms with van der Waals surface area (Å²) in [6, 6.07) is 19.2. The fraction of sp³-hybridized carbons (Fsp3) is 0.241. The fourth-order valence-corrected chi connectivity index (χ4v) is 6.24. The lowest BCUT2D eigenvalue weighted by Gasteiger charge is -2.38. The number of nitrogens with zero attached hydrogens (tertiary/aromatic N) is 2. The first-order chi connectivity index (χ1) is 18.1. The van der Waals surface area contributed by atoms with Crippen molar-refractivity contribution in [2.75, 3.05) is 0 Å². The highest BCUT2D eigenvalue weighted by Crippen LogP contribution is 2.30. The highest BCUT2D eigenvalue weighted by atomic mass is 32.2. The van der Waals surface area contributed by atoms with Crippen molar-refractivity contribution in [3.05, 3.63) is 106 Å². The fourth-order valence-electron chi connectivity index (χ4n) is 5.30. The average Bonchev–Trinajstić information content (AvgIpc) is 2.87. The van der Waals surface area contributed by atoms with Gasteiger partial charge in [0, 0.05) is 29.4 Å². The van der Waals surface area contributed by atoms with Crippen molar-refractivity contribution >= 4 is 27.6 Å². The number of aliphatic hydroxyl groups excluding tert-OH is 1. The lowest BCUT2D eigenvalue weighted by Crippen LogP contribution is -2.46. The molecule has 38 heavy (non-hydrogen) atoms. The molecule has 2 heterocycles. The van der Waals surface area contributed by atoms with Gasteiger partial charge in [-0.25, -0.2) is 0 Å². The lowest BCUT2D eigenvalue weighted by atomic mass is 9.89. The maximum atomic E-state index is 13.7. The molecule has 8 nitrogen and oxygen atoms in total. The first-order valence-corrected chi connectivity index (χ1v) is 13.9.